The molecule has 0 saturated carbocycles. The van der Waals surface area contributed by atoms with Crippen molar-refractivity contribution in [2.75, 3.05) is 43.5 Å². The molecular weight excluding hydrogens is 548 g/mol. The maximum atomic E-state index is 12.9. The molecular formula is C33H32N4O4S. The summed E-state index contributed by atoms with van der Waals surface area (Å²) in [6.45, 7) is 3.16. The predicted octanol–water partition coefficient (Wildman–Crippen LogP) is 5.36. The van der Waals surface area contributed by atoms with Crippen LogP contribution in [0.4, 0.5) is 11.4 Å². The summed E-state index contributed by atoms with van der Waals surface area (Å²) in [6, 6.07) is 31.9. The third kappa shape index (κ3) is 7.44. The van der Waals surface area contributed by atoms with Crippen molar-refractivity contribution in [3.8, 4) is 11.5 Å². The van der Waals surface area contributed by atoms with Gasteiger partial charge in [-0.2, -0.15) is 0 Å². The van der Waals surface area contributed by atoms with E-state index < -0.39 is 0 Å². The largest absolute Gasteiger partial charge is 0.497 e. The van der Waals surface area contributed by atoms with Crippen molar-refractivity contribution < 1.29 is 19.1 Å². The van der Waals surface area contributed by atoms with Gasteiger partial charge in [-0.25, -0.2) is 0 Å². The highest BCUT2D eigenvalue weighted by Crippen LogP contribution is 2.21. The first-order valence-corrected chi connectivity index (χ1v) is 14.1. The van der Waals surface area contributed by atoms with Crippen LogP contribution in [-0.2, 0) is 6.61 Å². The topological polar surface area (TPSA) is 83.1 Å². The van der Waals surface area contributed by atoms with Gasteiger partial charge in [0.2, 0.25) is 0 Å². The number of hydrogen-bond donors (Lipinski definition) is 2. The number of ether oxygens (including phenoxy) is 2. The van der Waals surface area contributed by atoms with Gasteiger partial charge in [0.1, 0.15) is 18.1 Å². The Morgan fingerprint density at radius 3 is 2.19 bits per heavy atom. The van der Waals surface area contributed by atoms with Crippen molar-refractivity contribution >= 4 is 40.5 Å². The highest BCUT2D eigenvalue weighted by molar-refractivity contribution is 7.80. The Bertz CT molecular complexity index is 1520. The third-order valence-electron chi connectivity index (χ3n) is 6.97. The van der Waals surface area contributed by atoms with Crippen LogP contribution in [0, 0.1) is 0 Å². The molecule has 4 aromatic carbocycles. The summed E-state index contributed by atoms with van der Waals surface area (Å²) in [6.07, 6.45) is 0. The zero-order valence-corrected chi connectivity index (χ0v) is 24.1. The van der Waals surface area contributed by atoms with Crippen LogP contribution < -0.4 is 25.0 Å². The summed E-state index contributed by atoms with van der Waals surface area (Å²) in [5.74, 6) is 1.04. The molecule has 2 amide bonds. The Labute approximate surface area is 250 Å². The average molecular weight is 581 g/mol. The molecule has 1 aliphatic heterocycles. The fourth-order valence-corrected chi connectivity index (χ4v) is 4.86. The lowest BCUT2D eigenvalue weighted by atomic mass is 10.1. The summed E-state index contributed by atoms with van der Waals surface area (Å²) in [5, 5.41) is 6.00. The van der Waals surface area contributed by atoms with Crippen molar-refractivity contribution in [2.45, 2.75) is 6.61 Å². The fourth-order valence-electron chi connectivity index (χ4n) is 4.65. The first-order valence-electron chi connectivity index (χ1n) is 13.7. The van der Waals surface area contributed by atoms with Gasteiger partial charge in [-0.15, -0.1) is 0 Å². The number of carbonyl (C=O) groups excluding carboxylic acids is 2. The molecule has 8 nitrogen and oxygen atoms in total. The van der Waals surface area contributed by atoms with Crippen LogP contribution in [-0.4, -0.2) is 55.1 Å². The molecule has 1 aliphatic rings. The number of nitrogens with one attached hydrogen (secondary N) is 2. The van der Waals surface area contributed by atoms with Gasteiger partial charge in [0.25, 0.3) is 11.8 Å². The van der Waals surface area contributed by atoms with Gasteiger partial charge >= 0.3 is 0 Å². The third-order valence-corrected chi connectivity index (χ3v) is 7.17. The molecule has 42 heavy (non-hydrogen) atoms. The van der Waals surface area contributed by atoms with E-state index >= 15 is 0 Å². The number of thiocarbonyl (C=S) groups is 1. The molecule has 0 bridgehead atoms. The molecule has 214 valence electrons. The number of rotatable bonds is 8. The van der Waals surface area contributed by atoms with E-state index in [2.05, 4.69) is 15.5 Å². The summed E-state index contributed by atoms with van der Waals surface area (Å²) >= 11 is 5.38. The molecule has 0 aliphatic carbocycles. The quantitative estimate of drug-likeness (QED) is 0.272. The van der Waals surface area contributed by atoms with Crippen LogP contribution >= 0.6 is 12.2 Å². The first kappa shape index (κ1) is 28.6. The van der Waals surface area contributed by atoms with E-state index in [4.69, 9.17) is 21.7 Å². The molecule has 0 atom stereocenters. The zero-order chi connectivity index (χ0) is 29.3. The van der Waals surface area contributed by atoms with E-state index in [1.807, 2.05) is 65.6 Å². The van der Waals surface area contributed by atoms with Gasteiger partial charge in [-0.1, -0.05) is 36.4 Å². The number of nitrogens with zero attached hydrogens (tertiary/aromatic N) is 2. The second-order valence-corrected chi connectivity index (χ2v) is 10.2. The van der Waals surface area contributed by atoms with Crippen LogP contribution in [0.15, 0.2) is 103 Å². The summed E-state index contributed by atoms with van der Waals surface area (Å²) in [5.41, 5.74) is 3.97. The zero-order valence-electron chi connectivity index (χ0n) is 23.3. The standard InChI is InChI=1S/C33H32N4O4S/c1-40-29-16-10-25(11-17-29)32(39)37-20-18-36(19-21-37)28-14-12-27(13-15-28)34-33(42)35-31(38)26-8-5-9-30(22-26)41-23-24-6-3-2-4-7-24/h2-17,22H,18-21,23H2,1H3,(H2,34,35,38,42). The Balaban J connectivity index is 1.09. The molecule has 0 aromatic heterocycles. The molecule has 1 fully saturated rings. The van der Waals surface area contributed by atoms with E-state index in [0.29, 0.717) is 36.6 Å². The minimum atomic E-state index is -0.323. The van der Waals surface area contributed by atoms with E-state index in [9.17, 15) is 9.59 Å². The van der Waals surface area contributed by atoms with Crippen molar-refractivity contribution in [3.63, 3.8) is 0 Å². The SMILES string of the molecule is COc1ccc(C(=O)N2CCN(c3ccc(NC(=S)NC(=O)c4cccc(OCc5ccccc5)c4)cc3)CC2)cc1. The Morgan fingerprint density at radius 1 is 0.786 bits per heavy atom. The average Bonchev–Trinajstić information content (AvgIpc) is 3.04. The molecule has 9 heteroatoms. The number of anilines is 2. The predicted molar refractivity (Wildman–Crippen MR) is 168 cm³/mol. The van der Waals surface area contributed by atoms with Gasteiger partial charge < -0.3 is 24.6 Å². The Hall–Kier alpha value is -4.89. The monoisotopic (exact) mass is 580 g/mol. The minimum absolute atomic E-state index is 0.0267. The lowest BCUT2D eigenvalue weighted by Gasteiger charge is -2.36. The van der Waals surface area contributed by atoms with Gasteiger partial charge in [0.15, 0.2) is 5.11 Å². The number of carbonyl (C=O) groups is 2. The smallest absolute Gasteiger partial charge is 0.257 e. The molecule has 2 N–H and O–H groups in total. The van der Waals surface area contributed by atoms with Gasteiger partial charge in [0.05, 0.1) is 7.11 Å². The molecule has 0 spiro atoms. The molecule has 0 unspecified atom stereocenters. The number of methoxy groups -OCH3 is 1. The van der Waals surface area contributed by atoms with Crippen molar-refractivity contribution in [3.05, 3.63) is 120 Å². The van der Waals surface area contributed by atoms with Crippen LogP contribution in [0.25, 0.3) is 0 Å². The minimum Gasteiger partial charge on any atom is -0.497 e. The summed E-state index contributed by atoms with van der Waals surface area (Å²) < 4.78 is 11.0. The fraction of sp³-hybridized carbons (Fsp3) is 0.182. The number of piperazine rings is 1. The van der Waals surface area contributed by atoms with Crippen LogP contribution in [0.1, 0.15) is 26.3 Å². The molecule has 1 heterocycles. The number of hydrogen-bond acceptors (Lipinski definition) is 6. The maximum absolute atomic E-state index is 12.9. The first-order chi connectivity index (χ1) is 20.5. The van der Waals surface area contributed by atoms with Gasteiger partial charge in [-0.3, -0.25) is 14.9 Å². The van der Waals surface area contributed by atoms with Crippen molar-refractivity contribution in [2.24, 2.45) is 0 Å². The highest BCUT2D eigenvalue weighted by Gasteiger charge is 2.22. The van der Waals surface area contributed by atoms with Gasteiger partial charge in [-0.05, 0) is 84.5 Å². The second kappa shape index (κ2) is 13.6. The van der Waals surface area contributed by atoms with Crippen LogP contribution in [0.2, 0.25) is 0 Å². The maximum Gasteiger partial charge on any atom is 0.257 e. The summed E-state index contributed by atoms with van der Waals surface area (Å²) in [7, 11) is 1.61. The highest BCUT2D eigenvalue weighted by atomic mass is 32.1. The Kier molecular flexibility index (Phi) is 9.30. The van der Waals surface area contributed by atoms with Crippen molar-refractivity contribution in [1.29, 1.82) is 0 Å². The van der Waals surface area contributed by atoms with Gasteiger partial charge in [0, 0.05) is 48.7 Å². The molecule has 0 radical (unpaired) electrons. The lowest BCUT2D eigenvalue weighted by molar-refractivity contribution is 0.0746. The normalized spacial score (nSPS) is 12.8. The molecule has 5 rings (SSSR count). The Morgan fingerprint density at radius 2 is 1.50 bits per heavy atom. The van der Waals surface area contributed by atoms with Crippen LogP contribution in [0.3, 0.4) is 0 Å². The summed E-state index contributed by atoms with van der Waals surface area (Å²) in [4.78, 5) is 29.8. The second-order valence-electron chi connectivity index (χ2n) is 9.76. The molecule has 1 saturated heterocycles. The van der Waals surface area contributed by atoms with E-state index in [0.717, 1.165) is 35.8 Å². The number of benzene rings is 4. The number of amides is 2. The van der Waals surface area contributed by atoms with E-state index in [-0.39, 0.29) is 16.9 Å². The van der Waals surface area contributed by atoms with E-state index in [1.54, 1.807) is 49.6 Å². The van der Waals surface area contributed by atoms with E-state index in [1.165, 1.54) is 0 Å². The lowest BCUT2D eigenvalue weighted by Crippen LogP contribution is -2.48. The van der Waals surface area contributed by atoms with Crippen LogP contribution in [0.5, 0.6) is 11.5 Å². The molecule has 4 aromatic rings. The van der Waals surface area contributed by atoms with Crippen molar-refractivity contribution in [1.82, 2.24) is 10.2 Å².